The first-order valence-corrected chi connectivity index (χ1v) is 8.46. The molecule has 112 valence electrons. The van der Waals surface area contributed by atoms with Crippen molar-refractivity contribution < 1.29 is 0 Å². The number of anilines is 2. The summed E-state index contributed by atoms with van der Waals surface area (Å²) in [6.07, 6.45) is 4.34. The molecule has 0 aromatic carbocycles. The molecule has 1 aliphatic rings. The molecule has 1 aromatic rings. The largest absolute Gasteiger partial charge is 0.373 e. The molecule has 1 saturated heterocycles. The molecule has 6 heteroatoms. The zero-order valence-electron chi connectivity index (χ0n) is 12.9. The van der Waals surface area contributed by atoms with Gasteiger partial charge in [-0.1, -0.05) is 18.7 Å². The Balaban J connectivity index is 2.31. The maximum Gasteiger partial charge on any atom is 0.191 e. The number of rotatable bonds is 4. The van der Waals surface area contributed by atoms with E-state index in [0.717, 1.165) is 42.8 Å². The van der Waals surface area contributed by atoms with Crippen LogP contribution in [-0.2, 0) is 0 Å². The molecule has 0 amide bonds. The first-order valence-electron chi connectivity index (χ1n) is 7.24. The lowest BCUT2D eigenvalue weighted by atomic mass is 10.2. The van der Waals surface area contributed by atoms with E-state index in [1.54, 1.807) is 11.8 Å². The second-order valence-corrected chi connectivity index (χ2v) is 5.99. The molecule has 2 heterocycles. The number of aromatic nitrogens is 2. The topological polar surface area (TPSA) is 44.3 Å². The van der Waals surface area contributed by atoms with Crippen molar-refractivity contribution in [1.82, 2.24) is 14.9 Å². The Kier molecular flexibility index (Phi) is 5.48. The van der Waals surface area contributed by atoms with Gasteiger partial charge in [0, 0.05) is 32.2 Å². The van der Waals surface area contributed by atoms with Gasteiger partial charge in [-0.25, -0.2) is 9.97 Å². The number of nitrogens with zero attached hydrogens (tertiary/aromatic N) is 4. The maximum atomic E-state index is 4.71. The first kappa shape index (κ1) is 15.4. The average Bonchev–Trinajstić information content (AvgIpc) is 2.67. The van der Waals surface area contributed by atoms with E-state index in [-0.39, 0.29) is 0 Å². The second kappa shape index (κ2) is 7.13. The highest BCUT2D eigenvalue weighted by atomic mass is 32.2. The minimum Gasteiger partial charge on any atom is -0.373 e. The van der Waals surface area contributed by atoms with Gasteiger partial charge >= 0.3 is 0 Å². The summed E-state index contributed by atoms with van der Waals surface area (Å²) in [6, 6.07) is 2.59. The van der Waals surface area contributed by atoms with E-state index in [0.29, 0.717) is 6.04 Å². The molecule has 1 fully saturated rings. The Bertz CT molecular complexity index is 417. The summed E-state index contributed by atoms with van der Waals surface area (Å²) in [5, 5.41) is 3.97. The van der Waals surface area contributed by atoms with Crippen LogP contribution in [-0.4, -0.2) is 60.9 Å². The molecule has 0 radical (unpaired) electrons. The standard InChI is InChI=1S/C14H25N5S/c1-5-11-10-18(3)7-6-8-19(11)13-9-12(15-2)16-14(17-13)20-4/h9,11H,5-8,10H2,1-4H3,(H,15,16,17). The summed E-state index contributed by atoms with van der Waals surface area (Å²) < 4.78 is 0. The van der Waals surface area contributed by atoms with E-state index < -0.39 is 0 Å². The monoisotopic (exact) mass is 295 g/mol. The Hall–Kier alpha value is -1.01. The summed E-state index contributed by atoms with van der Waals surface area (Å²) in [5.74, 6) is 1.95. The quantitative estimate of drug-likeness (QED) is 0.678. The Morgan fingerprint density at radius 1 is 1.40 bits per heavy atom. The van der Waals surface area contributed by atoms with Crippen molar-refractivity contribution in [2.75, 3.05) is 50.2 Å². The zero-order chi connectivity index (χ0) is 14.5. The molecule has 1 unspecified atom stereocenters. The number of thioether (sulfide) groups is 1. The Morgan fingerprint density at radius 3 is 2.85 bits per heavy atom. The van der Waals surface area contributed by atoms with Crippen molar-refractivity contribution in [1.29, 1.82) is 0 Å². The van der Waals surface area contributed by atoms with Gasteiger partial charge in [-0.05, 0) is 32.7 Å². The summed E-state index contributed by atoms with van der Waals surface area (Å²) in [4.78, 5) is 14.0. The van der Waals surface area contributed by atoms with Gasteiger partial charge in [0.15, 0.2) is 5.16 Å². The molecule has 1 aromatic heterocycles. The van der Waals surface area contributed by atoms with Gasteiger partial charge < -0.3 is 15.1 Å². The summed E-state index contributed by atoms with van der Waals surface area (Å²) in [7, 11) is 4.11. The smallest absolute Gasteiger partial charge is 0.191 e. The fourth-order valence-corrected chi connectivity index (χ4v) is 3.05. The normalized spacial score (nSPS) is 20.8. The third-order valence-electron chi connectivity index (χ3n) is 3.80. The second-order valence-electron chi connectivity index (χ2n) is 5.22. The van der Waals surface area contributed by atoms with E-state index in [1.165, 1.54) is 6.42 Å². The highest BCUT2D eigenvalue weighted by Crippen LogP contribution is 2.24. The zero-order valence-corrected chi connectivity index (χ0v) is 13.7. The summed E-state index contributed by atoms with van der Waals surface area (Å²) in [5.41, 5.74) is 0. The van der Waals surface area contributed by atoms with E-state index in [1.807, 2.05) is 13.3 Å². The van der Waals surface area contributed by atoms with Crippen LogP contribution in [0.2, 0.25) is 0 Å². The van der Waals surface area contributed by atoms with E-state index in [4.69, 9.17) is 4.98 Å². The molecule has 2 rings (SSSR count). The van der Waals surface area contributed by atoms with Crippen LogP contribution in [0.5, 0.6) is 0 Å². The fraction of sp³-hybridized carbons (Fsp3) is 0.714. The van der Waals surface area contributed by atoms with Gasteiger partial charge in [-0.2, -0.15) is 0 Å². The number of hydrogen-bond acceptors (Lipinski definition) is 6. The van der Waals surface area contributed by atoms with E-state index in [9.17, 15) is 0 Å². The number of hydrogen-bond donors (Lipinski definition) is 1. The van der Waals surface area contributed by atoms with Crippen molar-refractivity contribution in [2.45, 2.75) is 31.0 Å². The highest BCUT2D eigenvalue weighted by Gasteiger charge is 2.23. The van der Waals surface area contributed by atoms with Crippen molar-refractivity contribution in [3.63, 3.8) is 0 Å². The van der Waals surface area contributed by atoms with Crippen LogP contribution in [0.3, 0.4) is 0 Å². The minimum absolute atomic E-state index is 0.525. The van der Waals surface area contributed by atoms with Gasteiger partial charge in [-0.15, -0.1) is 0 Å². The van der Waals surface area contributed by atoms with Gasteiger partial charge in [-0.3, -0.25) is 0 Å². The molecular weight excluding hydrogens is 270 g/mol. The molecular formula is C14H25N5S. The van der Waals surface area contributed by atoms with Crippen LogP contribution < -0.4 is 10.2 Å². The van der Waals surface area contributed by atoms with Crippen LogP contribution in [0.4, 0.5) is 11.6 Å². The molecule has 1 atom stereocenters. The lowest BCUT2D eigenvalue weighted by Crippen LogP contribution is -2.40. The van der Waals surface area contributed by atoms with Crippen LogP contribution in [0.25, 0.3) is 0 Å². The minimum atomic E-state index is 0.525. The Morgan fingerprint density at radius 2 is 2.20 bits per heavy atom. The number of nitrogens with one attached hydrogen (secondary N) is 1. The molecule has 0 bridgehead atoms. The Labute approximate surface area is 126 Å². The van der Waals surface area contributed by atoms with Crippen molar-refractivity contribution in [3.8, 4) is 0 Å². The molecule has 1 N–H and O–H groups in total. The predicted octanol–water partition coefficient (Wildman–Crippen LogP) is 2.16. The number of likely N-dealkylation sites (N-methyl/N-ethyl adjacent to an activating group) is 1. The fourth-order valence-electron chi connectivity index (χ4n) is 2.67. The summed E-state index contributed by atoms with van der Waals surface area (Å²) >= 11 is 1.59. The lowest BCUT2D eigenvalue weighted by Gasteiger charge is -2.31. The molecule has 0 spiro atoms. The molecule has 5 nitrogen and oxygen atoms in total. The van der Waals surface area contributed by atoms with E-state index in [2.05, 4.69) is 40.1 Å². The van der Waals surface area contributed by atoms with Crippen molar-refractivity contribution in [3.05, 3.63) is 6.07 Å². The van der Waals surface area contributed by atoms with Gasteiger partial charge in [0.25, 0.3) is 0 Å². The first-order chi connectivity index (χ1) is 9.67. The average molecular weight is 295 g/mol. The molecule has 20 heavy (non-hydrogen) atoms. The van der Waals surface area contributed by atoms with Crippen molar-refractivity contribution >= 4 is 23.4 Å². The van der Waals surface area contributed by atoms with Gasteiger partial charge in [0.05, 0.1) is 0 Å². The van der Waals surface area contributed by atoms with Crippen LogP contribution in [0.15, 0.2) is 11.2 Å². The van der Waals surface area contributed by atoms with Gasteiger partial charge in [0.2, 0.25) is 0 Å². The molecule has 0 aliphatic carbocycles. The maximum absolute atomic E-state index is 4.71. The van der Waals surface area contributed by atoms with Crippen molar-refractivity contribution in [2.24, 2.45) is 0 Å². The van der Waals surface area contributed by atoms with Crippen LogP contribution in [0, 0.1) is 0 Å². The highest BCUT2D eigenvalue weighted by molar-refractivity contribution is 7.98. The lowest BCUT2D eigenvalue weighted by molar-refractivity contribution is 0.327. The third-order valence-corrected chi connectivity index (χ3v) is 4.35. The third kappa shape index (κ3) is 3.55. The predicted molar refractivity (Wildman–Crippen MR) is 86.9 cm³/mol. The molecule has 1 aliphatic heterocycles. The van der Waals surface area contributed by atoms with Crippen LogP contribution >= 0.6 is 11.8 Å². The SMILES string of the molecule is CCC1CN(C)CCCN1c1cc(NC)nc(SC)n1. The molecule has 0 saturated carbocycles. The van der Waals surface area contributed by atoms with Gasteiger partial charge in [0.1, 0.15) is 11.6 Å². The van der Waals surface area contributed by atoms with Crippen LogP contribution in [0.1, 0.15) is 19.8 Å². The van der Waals surface area contributed by atoms with E-state index >= 15 is 0 Å². The summed E-state index contributed by atoms with van der Waals surface area (Å²) in [6.45, 7) is 5.58.